The third kappa shape index (κ3) is 1.75. The minimum absolute atomic E-state index is 0.236. The van der Waals surface area contributed by atoms with E-state index in [4.69, 9.17) is 0 Å². The highest BCUT2D eigenvalue weighted by Crippen LogP contribution is 2.34. The average Bonchev–Trinajstić information content (AvgIpc) is 2.22. The molecule has 2 rings (SSSR count). The molecule has 1 N–H and O–H groups in total. The summed E-state index contributed by atoms with van der Waals surface area (Å²) >= 11 is 0. The molecule has 0 aliphatic carbocycles. The van der Waals surface area contributed by atoms with Crippen LogP contribution >= 0.6 is 0 Å². The van der Waals surface area contributed by atoms with Crippen LogP contribution in [0.25, 0.3) is 0 Å². The number of hydrogen-bond donors (Lipinski definition) is 1. The molecule has 0 saturated carbocycles. The number of rotatable bonds is 2. The van der Waals surface area contributed by atoms with Gasteiger partial charge in [0.2, 0.25) is 0 Å². The minimum Gasteiger partial charge on any atom is -0.508 e. The number of phenols is 1. The van der Waals surface area contributed by atoms with Gasteiger partial charge in [0.05, 0.1) is 17.9 Å². The number of benzene rings is 1. The average molecular weight is 206 g/mol. The second-order valence-electron chi connectivity index (χ2n) is 3.71. The van der Waals surface area contributed by atoms with E-state index in [0.29, 0.717) is 6.54 Å². The maximum Gasteiger partial charge on any atom is 0.139 e. The topological polar surface area (TPSA) is 43.8 Å². The lowest BCUT2D eigenvalue weighted by Gasteiger charge is -2.36. The monoisotopic (exact) mass is 206 g/mol. The maximum atomic E-state index is 10.5. The van der Waals surface area contributed by atoms with E-state index in [1.165, 1.54) is 0 Å². The number of hydrogen-bond acceptors (Lipinski definition) is 4. The lowest BCUT2D eigenvalue weighted by atomic mass is 10.1. The number of anilines is 2. The molecule has 0 spiro atoms. The van der Waals surface area contributed by atoms with Crippen molar-refractivity contribution >= 4 is 17.7 Å². The minimum atomic E-state index is 0.236. The molecular formula is C11H14N2O2. The molecule has 0 saturated heterocycles. The van der Waals surface area contributed by atoms with Gasteiger partial charge in [-0.15, -0.1) is 0 Å². The first-order valence-electron chi connectivity index (χ1n) is 4.95. The third-order valence-electron chi connectivity index (χ3n) is 2.71. The molecule has 4 heteroatoms. The lowest BCUT2D eigenvalue weighted by Crippen LogP contribution is -2.39. The molecule has 15 heavy (non-hydrogen) atoms. The van der Waals surface area contributed by atoms with Crippen molar-refractivity contribution in [2.75, 3.05) is 36.5 Å². The molecule has 0 radical (unpaired) electrons. The summed E-state index contributed by atoms with van der Waals surface area (Å²) < 4.78 is 0. The fourth-order valence-corrected chi connectivity index (χ4v) is 1.88. The van der Waals surface area contributed by atoms with Crippen LogP contribution in [-0.4, -0.2) is 38.1 Å². The van der Waals surface area contributed by atoms with Crippen molar-refractivity contribution in [2.45, 2.75) is 0 Å². The Morgan fingerprint density at radius 1 is 1.40 bits per heavy atom. The van der Waals surface area contributed by atoms with Crippen molar-refractivity contribution in [3.63, 3.8) is 0 Å². The van der Waals surface area contributed by atoms with Crippen molar-refractivity contribution in [3.8, 4) is 5.75 Å². The first-order chi connectivity index (χ1) is 7.22. The quantitative estimate of drug-likeness (QED) is 0.728. The van der Waals surface area contributed by atoms with Gasteiger partial charge in [-0.05, 0) is 12.1 Å². The van der Waals surface area contributed by atoms with Crippen molar-refractivity contribution in [1.29, 1.82) is 0 Å². The van der Waals surface area contributed by atoms with Crippen LogP contribution < -0.4 is 9.80 Å². The SMILES string of the molecule is CN1CCN(CC=O)c2cc(O)ccc21. The Hall–Kier alpha value is -1.71. The number of carbonyl (C=O) groups excluding carboxylic acids is 1. The summed E-state index contributed by atoms with van der Waals surface area (Å²) in [5.41, 5.74) is 1.98. The number of nitrogens with zero attached hydrogens (tertiary/aromatic N) is 2. The van der Waals surface area contributed by atoms with E-state index >= 15 is 0 Å². The van der Waals surface area contributed by atoms with Crippen molar-refractivity contribution in [1.82, 2.24) is 0 Å². The van der Waals surface area contributed by atoms with Gasteiger partial charge in [0.1, 0.15) is 12.0 Å². The molecule has 0 fully saturated rings. The van der Waals surface area contributed by atoms with Gasteiger partial charge in [-0.3, -0.25) is 0 Å². The molecule has 1 aromatic rings. The molecule has 0 bridgehead atoms. The summed E-state index contributed by atoms with van der Waals surface area (Å²) in [7, 11) is 2.01. The smallest absolute Gasteiger partial charge is 0.139 e. The summed E-state index contributed by atoms with van der Waals surface area (Å²) in [5, 5.41) is 9.43. The molecule has 80 valence electrons. The molecule has 1 aliphatic rings. The Balaban J connectivity index is 2.41. The molecule has 4 nitrogen and oxygen atoms in total. The molecule has 1 aromatic carbocycles. The fraction of sp³-hybridized carbons (Fsp3) is 0.364. The first kappa shape index (κ1) is 9.83. The molecule has 0 unspecified atom stereocenters. The Kier molecular flexibility index (Phi) is 2.49. The molecule has 0 amide bonds. The molecule has 0 aromatic heterocycles. The molecule has 1 aliphatic heterocycles. The van der Waals surface area contributed by atoms with Gasteiger partial charge in [-0.25, -0.2) is 0 Å². The predicted molar refractivity (Wildman–Crippen MR) is 59.7 cm³/mol. The van der Waals surface area contributed by atoms with Crippen LogP contribution in [0.3, 0.4) is 0 Å². The van der Waals surface area contributed by atoms with Crippen molar-refractivity contribution < 1.29 is 9.90 Å². The van der Waals surface area contributed by atoms with Gasteiger partial charge in [0.15, 0.2) is 0 Å². The summed E-state index contributed by atoms with van der Waals surface area (Å²) in [6.45, 7) is 2.08. The van der Waals surface area contributed by atoms with E-state index in [0.717, 1.165) is 30.8 Å². The maximum absolute atomic E-state index is 10.5. The van der Waals surface area contributed by atoms with Crippen LogP contribution in [0, 0.1) is 0 Å². The highest BCUT2D eigenvalue weighted by molar-refractivity contribution is 5.77. The van der Waals surface area contributed by atoms with Gasteiger partial charge >= 0.3 is 0 Å². The molecule has 1 heterocycles. The second-order valence-corrected chi connectivity index (χ2v) is 3.71. The fourth-order valence-electron chi connectivity index (χ4n) is 1.88. The van der Waals surface area contributed by atoms with Gasteiger partial charge < -0.3 is 19.7 Å². The van der Waals surface area contributed by atoms with E-state index in [1.807, 2.05) is 18.0 Å². The molecule has 0 atom stereocenters. The zero-order valence-corrected chi connectivity index (χ0v) is 8.68. The zero-order chi connectivity index (χ0) is 10.8. The number of aldehydes is 1. The summed E-state index contributed by atoms with van der Waals surface area (Å²) in [6, 6.07) is 5.25. The van der Waals surface area contributed by atoms with Crippen molar-refractivity contribution in [2.24, 2.45) is 0 Å². The number of likely N-dealkylation sites (N-methyl/N-ethyl adjacent to an activating group) is 1. The van der Waals surface area contributed by atoms with Crippen LogP contribution in [-0.2, 0) is 4.79 Å². The van der Waals surface area contributed by atoms with Crippen LogP contribution in [0.15, 0.2) is 18.2 Å². The van der Waals surface area contributed by atoms with E-state index in [9.17, 15) is 9.90 Å². The molecular weight excluding hydrogens is 192 g/mol. The number of phenolic OH excluding ortho intramolecular Hbond substituents is 1. The summed E-state index contributed by atoms with van der Waals surface area (Å²) in [5.74, 6) is 0.236. The normalized spacial score (nSPS) is 15.0. The lowest BCUT2D eigenvalue weighted by molar-refractivity contribution is -0.106. The number of fused-ring (bicyclic) bond motifs is 1. The van der Waals surface area contributed by atoms with Gasteiger partial charge in [0.25, 0.3) is 0 Å². The third-order valence-corrected chi connectivity index (χ3v) is 2.71. The van der Waals surface area contributed by atoms with E-state index in [1.54, 1.807) is 12.1 Å². The van der Waals surface area contributed by atoms with Gasteiger partial charge in [-0.2, -0.15) is 0 Å². The van der Waals surface area contributed by atoms with Crippen molar-refractivity contribution in [3.05, 3.63) is 18.2 Å². The van der Waals surface area contributed by atoms with Crippen LogP contribution in [0.2, 0.25) is 0 Å². The summed E-state index contributed by atoms with van der Waals surface area (Å²) in [6.07, 6.45) is 0.888. The van der Waals surface area contributed by atoms with Gasteiger partial charge in [0, 0.05) is 26.2 Å². The largest absolute Gasteiger partial charge is 0.508 e. The van der Waals surface area contributed by atoms with Crippen LogP contribution in [0.4, 0.5) is 11.4 Å². The number of aromatic hydroxyl groups is 1. The van der Waals surface area contributed by atoms with E-state index < -0.39 is 0 Å². The first-order valence-corrected chi connectivity index (χ1v) is 4.95. The van der Waals surface area contributed by atoms with Gasteiger partial charge in [-0.1, -0.05) is 0 Å². The Labute approximate surface area is 88.7 Å². The van der Waals surface area contributed by atoms with Crippen LogP contribution in [0.1, 0.15) is 0 Å². The Morgan fingerprint density at radius 2 is 2.20 bits per heavy atom. The Bertz CT molecular complexity index is 379. The Morgan fingerprint density at radius 3 is 2.93 bits per heavy atom. The second kappa shape index (κ2) is 3.81. The van der Waals surface area contributed by atoms with E-state index in [-0.39, 0.29) is 5.75 Å². The van der Waals surface area contributed by atoms with Crippen LogP contribution in [0.5, 0.6) is 5.75 Å². The number of carbonyl (C=O) groups is 1. The van der Waals surface area contributed by atoms with E-state index in [2.05, 4.69) is 4.90 Å². The predicted octanol–water partition coefficient (Wildman–Crippen LogP) is 0.847. The standard InChI is InChI=1S/C11H14N2O2/c1-12-4-5-13(6-7-14)11-8-9(15)2-3-10(11)12/h2-3,7-8,15H,4-6H2,1H3. The highest BCUT2D eigenvalue weighted by Gasteiger charge is 2.19. The highest BCUT2D eigenvalue weighted by atomic mass is 16.3. The summed E-state index contributed by atoms with van der Waals surface area (Å²) in [4.78, 5) is 14.6. The zero-order valence-electron chi connectivity index (χ0n) is 8.68.